The number of anilines is 1. The van der Waals surface area contributed by atoms with E-state index in [0.717, 1.165) is 12.0 Å². The summed E-state index contributed by atoms with van der Waals surface area (Å²) in [6, 6.07) is 18.8. The number of amides is 2. The maximum Gasteiger partial charge on any atom is 0.226 e. The molecule has 0 bridgehead atoms. The smallest absolute Gasteiger partial charge is 0.226 e. The second-order valence-electron chi connectivity index (χ2n) is 5.70. The Kier molecular flexibility index (Phi) is 6.73. The van der Waals surface area contributed by atoms with E-state index >= 15 is 0 Å². The number of nitriles is 1. The highest BCUT2D eigenvalue weighted by Crippen LogP contribution is 2.13. The van der Waals surface area contributed by atoms with E-state index in [-0.39, 0.29) is 18.2 Å². The molecule has 0 radical (unpaired) electrons. The van der Waals surface area contributed by atoms with Gasteiger partial charge < -0.3 is 10.2 Å². The molecule has 128 valence electrons. The first-order valence-corrected chi connectivity index (χ1v) is 8.18. The summed E-state index contributed by atoms with van der Waals surface area (Å²) in [6.07, 6.45) is 0.938. The lowest BCUT2D eigenvalue weighted by Crippen LogP contribution is -2.33. The van der Waals surface area contributed by atoms with Gasteiger partial charge in [0.1, 0.15) is 6.07 Å². The van der Waals surface area contributed by atoms with Crippen molar-refractivity contribution in [1.82, 2.24) is 4.90 Å². The van der Waals surface area contributed by atoms with Crippen LogP contribution in [0.15, 0.2) is 54.6 Å². The van der Waals surface area contributed by atoms with Gasteiger partial charge in [-0.1, -0.05) is 42.5 Å². The Morgan fingerprint density at radius 1 is 1.04 bits per heavy atom. The monoisotopic (exact) mass is 335 g/mol. The predicted octanol–water partition coefficient (Wildman–Crippen LogP) is 2.98. The lowest BCUT2D eigenvalue weighted by Gasteiger charge is -2.21. The largest absolute Gasteiger partial charge is 0.342 e. The standard InChI is InChI=1S/C20H21N3O2/c1-16(24)23(13-11-17-7-3-2-4-8-17)14-12-20(25)22-19-10-6-5-9-18(19)15-21/h2-10H,11-14H2,1H3,(H,22,25). The van der Waals surface area contributed by atoms with Gasteiger partial charge in [0.25, 0.3) is 0 Å². The maximum atomic E-state index is 12.1. The van der Waals surface area contributed by atoms with Crippen molar-refractivity contribution < 1.29 is 9.59 Å². The molecule has 5 nitrogen and oxygen atoms in total. The molecule has 5 heteroatoms. The minimum atomic E-state index is -0.214. The van der Waals surface area contributed by atoms with Gasteiger partial charge in [0.2, 0.25) is 11.8 Å². The summed E-state index contributed by atoms with van der Waals surface area (Å²) in [5.74, 6) is -0.269. The first-order valence-electron chi connectivity index (χ1n) is 8.18. The van der Waals surface area contributed by atoms with Gasteiger partial charge in [0.05, 0.1) is 11.3 Å². The van der Waals surface area contributed by atoms with Gasteiger partial charge in [0.15, 0.2) is 0 Å². The van der Waals surface area contributed by atoms with Crippen LogP contribution in [0.25, 0.3) is 0 Å². The highest BCUT2D eigenvalue weighted by molar-refractivity contribution is 5.92. The number of para-hydroxylation sites is 1. The summed E-state index contributed by atoms with van der Waals surface area (Å²) >= 11 is 0. The fraction of sp³-hybridized carbons (Fsp3) is 0.250. The zero-order valence-electron chi connectivity index (χ0n) is 14.2. The molecule has 0 unspecified atom stereocenters. The molecular formula is C20H21N3O2. The van der Waals surface area contributed by atoms with Crippen molar-refractivity contribution >= 4 is 17.5 Å². The third kappa shape index (κ3) is 5.78. The SMILES string of the molecule is CC(=O)N(CCC(=O)Nc1ccccc1C#N)CCc1ccccc1. The molecule has 0 spiro atoms. The Morgan fingerprint density at radius 3 is 2.40 bits per heavy atom. The van der Waals surface area contributed by atoms with Crippen LogP contribution in [0, 0.1) is 11.3 Å². The quantitative estimate of drug-likeness (QED) is 0.845. The molecule has 0 fully saturated rings. The first kappa shape index (κ1) is 18.2. The molecule has 0 atom stereocenters. The van der Waals surface area contributed by atoms with Crippen LogP contribution < -0.4 is 5.32 Å². The number of nitrogens with one attached hydrogen (secondary N) is 1. The molecule has 2 aromatic carbocycles. The van der Waals surface area contributed by atoms with Crippen LogP contribution in [-0.2, 0) is 16.0 Å². The van der Waals surface area contributed by atoms with Gasteiger partial charge in [-0.2, -0.15) is 5.26 Å². The van der Waals surface area contributed by atoms with Gasteiger partial charge >= 0.3 is 0 Å². The van der Waals surface area contributed by atoms with Crippen molar-refractivity contribution in [3.8, 4) is 6.07 Å². The zero-order chi connectivity index (χ0) is 18.1. The second kappa shape index (κ2) is 9.24. The van der Waals surface area contributed by atoms with Gasteiger partial charge in [0, 0.05) is 26.4 Å². The van der Waals surface area contributed by atoms with E-state index in [2.05, 4.69) is 5.32 Å². The molecule has 1 N–H and O–H groups in total. The van der Waals surface area contributed by atoms with E-state index in [1.807, 2.05) is 36.4 Å². The molecule has 0 aliphatic carbocycles. The molecule has 0 aliphatic heterocycles. The molecule has 0 saturated heterocycles. The van der Waals surface area contributed by atoms with E-state index in [4.69, 9.17) is 5.26 Å². The average molecular weight is 335 g/mol. The first-order chi connectivity index (χ1) is 12.1. The van der Waals surface area contributed by atoms with Crippen LogP contribution in [-0.4, -0.2) is 29.8 Å². The molecule has 2 aromatic rings. The van der Waals surface area contributed by atoms with Gasteiger partial charge in [-0.3, -0.25) is 9.59 Å². The second-order valence-corrected chi connectivity index (χ2v) is 5.70. The predicted molar refractivity (Wildman–Crippen MR) is 96.8 cm³/mol. The molecule has 0 aromatic heterocycles. The van der Waals surface area contributed by atoms with Crippen LogP contribution >= 0.6 is 0 Å². The summed E-state index contributed by atoms with van der Waals surface area (Å²) in [4.78, 5) is 25.6. The van der Waals surface area contributed by atoms with E-state index in [1.165, 1.54) is 6.92 Å². The van der Waals surface area contributed by atoms with Crippen molar-refractivity contribution in [2.75, 3.05) is 18.4 Å². The van der Waals surface area contributed by atoms with E-state index in [0.29, 0.717) is 24.3 Å². The number of carbonyl (C=O) groups excluding carboxylic acids is 2. The third-order valence-electron chi connectivity index (χ3n) is 3.89. The molecule has 2 rings (SSSR count). The van der Waals surface area contributed by atoms with Gasteiger partial charge in [-0.15, -0.1) is 0 Å². The molecule has 0 aliphatic rings. The molecule has 0 heterocycles. The summed E-state index contributed by atoms with van der Waals surface area (Å²) in [7, 11) is 0. The summed E-state index contributed by atoms with van der Waals surface area (Å²) < 4.78 is 0. The zero-order valence-corrected chi connectivity index (χ0v) is 14.2. The molecule has 2 amide bonds. The molecule has 25 heavy (non-hydrogen) atoms. The average Bonchev–Trinajstić information content (AvgIpc) is 2.62. The van der Waals surface area contributed by atoms with Crippen LogP contribution in [0.3, 0.4) is 0 Å². The van der Waals surface area contributed by atoms with E-state index in [1.54, 1.807) is 29.2 Å². The fourth-order valence-electron chi connectivity index (χ4n) is 2.47. The Morgan fingerprint density at radius 2 is 1.72 bits per heavy atom. The number of rotatable bonds is 7. The number of benzene rings is 2. The maximum absolute atomic E-state index is 12.1. The normalized spacial score (nSPS) is 9.92. The molecular weight excluding hydrogens is 314 g/mol. The van der Waals surface area contributed by atoms with Crippen molar-refractivity contribution in [1.29, 1.82) is 5.26 Å². The van der Waals surface area contributed by atoms with Crippen LogP contribution in [0.4, 0.5) is 5.69 Å². The van der Waals surface area contributed by atoms with Crippen LogP contribution in [0.2, 0.25) is 0 Å². The minimum Gasteiger partial charge on any atom is -0.342 e. The van der Waals surface area contributed by atoms with Gasteiger partial charge in [-0.05, 0) is 24.1 Å². The van der Waals surface area contributed by atoms with Crippen molar-refractivity contribution in [3.05, 3.63) is 65.7 Å². The third-order valence-corrected chi connectivity index (χ3v) is 3.89. The fourth-order valence-corrected chi connectivity index (χ4v) is 2.47. The van der Waals surface area contributed by atoms with Crippen molar-refractivity contribution in [2.24, 2.45) is 0 Å². The number of carbonyl (C=O) groups is 2. The lowest BCUT2D eigenvalue weighted by molar-refractivity contribution is -0.129. The highest BCUT2D eigenvalue weighted by Gasteiger charge is 2.12. The van der Waals surface area contributed by atoms with Crippen molar-refractivity contribution in [2.45, 2.75) is 19.8 Å². The lowest BCUT2D eigenvalue weighted by atomic mass is 10.1. The Hall–Kier alpha value is -3.13. The topological polar surface area (TPSA) is 73.2 Å². The Labute approximate surface area is 147 Å². The van der Waals surface area contributed by atoms with Crippen LogP contribution in [0.1, 0.15) is 24.5 Å². The summed E-state index contributed by atoms with van der Waals surface area (Å²) in [5.41, 5.74) is 2.07. The summed E-state index contributed by atoms with van der Waals surface area (Å²) in [6.45, 7) is 2.43. The number of hydrogen-bond acceptors (Lipinski definition) is 3. The minimum absolute atomic E-state index is 0.0545. The van der Waals surface area contributed by atoms with Crippen LogP contribution in [0.5, 0.6) is 0 Å². The Bertz CT molecular complexity index is 766. The summed E-state index contributed by atoms with van der Waals surface area (Å²) in [5, 5.41) is 11.8. The van der Waals surface area contributed by atoms with Crippen molar-refractivity contribution in [3.63, 3.8) is 0 Å². The van der Waals surface area contributed by atoms with E-state index < -0.39 is 0 Å². The number of hydrogen-bond donors (Lipinski definition) is 1. The Balaban J connectivity index is 1.87. The number of nitrogens with zero attached hydrogens (tertiary/aromatic N) is 2. The molecule has 0 saturated carbocycles. The highest BCUT2D eigenvalue weighted by atomic mass is 16.2. The van der Waals surface area contributed by atoms with E-state index in [9.17, 15) is 9.59 Å². The van der Waals surface area contributed by atoms with Gasteiger partial charge in [-0.25, -0.2) is 0 Å².